The van der Waals surface area contributed by atoms with Crippen LogP contribution in [0.15, 0.2) is 39.5 Å². The van der Waals surface area contributed by atoms with Gasteiger partial charge in [-0.1, -0.05) is 18.2 Å². The Morgan fingerprint density at radius 2 is 2.05 bits per heavy atom. The second-order valence-electron chi connectivity index (χ2n) is 4.19. The van der Waals surface area contributed by atoms with Gasteiger partial charge in [0, 0.05) is 11.9 Å². The van der Waals surface area contributed by atoms with Crippen molar-refractivity contribution in [2.24, 2.45) is 0 Å². The zero-order chi connectivity index (χ0) is 15.2. The number of benzene rings is 1. The molecule has 1 aromatic heterocycles. The molecule has 7 heteroatoms. The molecule has 21 heavy (non-hydrogen) atoms. The Balaban J connectivity index is 2.01. The van der Waals surface area contributed by atoms with Crippen LogP contribution in [0.25, 0.3) is 11.0 Å². The van der Waals surface area contributed by atoms with Crippen molar-refractivity contribution in [1.82, 2.24) is 5.32 Å². The highest BCUT2D eigenvalue weighted by atomic mass is 16.5. The molecule has 110 valence electrons. The molecule has 0 saturated heterocycles. The van der Waals surface area contributed by atoms with Gasteiger partial charge >= 0.3 is 11.6 Å². The first-order chi connectivity index (χ1) is 10.1. The minimum Gasteiger partial charge on any atom is -0.480 e. The van der Waals surface area contributed by atoms with E-state index in [2.05, 4.69) is 5.32 Å². The van der Waals surface area contributed by atoms with Crippen molar-refractivity contribution in [1.29, 1.82) is 0 Å². The summed E-state index contributed by atoms with van der Waals surface area (Å²) in [6, 6.07) is 8.31. The summed E-state index contributed by atoms with van der Waals surface area (Å²) in [6.45, 7) is -0.302. The average Bonchev–Trinajstić information content (AvgIpc) is 2.45. The smallest absolute Gasteiger partial charge is 0.349 e. The number of rotatable bonds is 6. The molecule has 2 rings (SSSR count). The van der Waals surface area contributed by atoms with Crippen LogP contribution in [0.1, 0.15) is 10.4 Å². The summed E-state index contributed by atoms with van der Waals surface area (Å²) in [6.07, 6.45) is 0. The Labute approximate surface area is 119 Å². The highest BCUT2D eigenvalue weighted by Crippen LogP contribution is 2.12. The number of amides is 1. The molecule has 0 aliphatic carbocycles. The Morgan fingerprint density at radius 3 is 2.81 bits per heavy atom. The molecule has 0 fully saturated rings. The summed E-state index contributed by atoms with van der Waals surface area (Å²) < 4.78 is 9.81. The Morgan fingerprint density at radius 1 is 1.29 bits per heavy atom. The van der Waals surface area contributed by atoms with Gasteiger partial charge in [0.1, 0.15) is 17.8 Å². The molecular formula is C14H13NO6. The third-order valence-electron chi connectivity index (χ3n) is 2.64. The summed E-state index contributed by atoms with van der Waals surface area (Å²) >= 11 is 0. The second-order valence-corrected chi connectivity index (χ2v) is 4.19. The highest BCUT2D eigenvalue weighted by molar-refractivity contribution is 5.96. The number of carbonyl (C=O) groups is 2. The van der Waals surface area contributed by atoms with Gasteiger partial charge in [0.05, 0.1) is 6.61 Å². The number of carbonyl (C=O) groups excluding carboxylic acids is 1. The summed E-state index contributed by atoms with van der Waals surface area (Å²) in [7, 11) is 0. The summed E-state index contributed by atoms with van der Waals surface area (Å²) in [4.78, 5) is 33.8. The maximum atomic E-state index is 11.9. The first-order valence-corrected chi connectivity index (χ1v) is 6.18. The molecule has 2 aromatic rings. The number of carboxylic acid groups (broad SMARTS) is 1. The number of hydrogen-bond donors (Lipinski definition) is 2. The predicted molar refractivity (Wildman–Crippen MR) is 73.3 cm³/mol. The highest BCUT2D eigenvalue weighted by Gasteiger charge is 2.12. The molecule has 1 amide bonds. The van der Waals surface area contributed by atoms with Crippen molar-refractivity contribution in [3.63, 3.8) is 0 Å². The zero-order valence-electron chi connectivity index (χ0n) is 11.0. The van der Waals surface area contributed by atoms with E-state index < -0.39 is 24.1 Å². The monoisotopic (exact) mass is 291 g/mol. The molecule has 1 heterocycles. The summed E-state index contributed by atoms with van der Waals surface area (Å²) in [5.74, 6) is -1.68. The Kier molecular flexibility index (Phi) is 4.68. The first kappa shape index (κ1) is 14.7. The van der Waals surface area contributed by atoms with E-state index in [0.717, 1.165) is 0 Å². The maximum Gasteiger partial charge on any atom is 0.349 e. The van der Waals surface area contributed by atoms with Gasteiger partial charge in [-0.3, -0.25) is 4.79 Å². The predicted octanol–water partition coefficient (Wildman–Crippen LogP) is 0.624. The molecule has 2 N–H and O–H groups in total. The lowest BCUT2D eigenvalue weighted by Crippen LogP contribution is -2.31. The number of nitrogens with one attached hydrogen (secondary N) is 1. The van der Waals surface area contributed by atoms with E-state index >= 15 is 0 Å². The van der Waals surface area contributed by atoms with Crippen molar-refractivity contribution in [2.45, 2.75) is 0 Å². The molecule has 0 unspecified atom stereocenters. The molecule has 0 aliphatic heterocycles. The van der Waals surface area contributed by atoms with Gasteiger partial charge in [0.15, 0.2) is 0 Å². The standard InChI is InChI=1S/C14H13NO6/c16-12(17)8-20-6-5-15-13(18)10-7-9-3-1-2-4-11(9)21-14(10)19/h1-4,7H,5-6,8H2,(H,15,18)(H,16,17). The fraction of sp³-hybridized carbons (Fsp3) is 0.214. The van der Waals surface area contributed by atoms with E-state index in [1.165, 1.54) is 6.07 Å². The molecule has 0 spiro atoms. The number of carboxylic acids is 1. The van der Waals surface area contributed by atoms with Gasteiger partial charge in [0.2, 0.25) is 0 Å². The number of fused-ring (bicyclic) bond motifs is 1. The topological polar surface area (TPSA) is 106 Å². The van der Waals surface area contributed by atoms with Crippen LogP contribution in [0.2, 0.25) is 0 Å². The van der Waals surface area contributed by atoms with E-state index in [4.69, 9.17) is 14.3 Å². The van der Waals surface area contributed by atoms with E-state index in [1.54, 1.807) is 24.3 Å². The second kappa shape index (κ2) is 6.67. The molecule has 0 saturated carbocycles. The molecule has 0 aliphatic rings. The molecule has 7 nitrogen and oxygen atoms in total. The Hall–Kier alpha value is -2.67. The van der Waals surface area contributed by atoms with Gasteiger partial charge in [0.25, 0.3) is 5.91 Å². The molecule has 0 atom stereocenters. The third kappa shape index (κ3) is 3.90. The zero-order valence-corrected chi connectivity index (χ0v) is 11.0. The fourth-order valence-corrected chi connectivity index (χ4v) is 1.71. The minimum absolute atomic E-state index is 0.0386. The van der Waals surface area contributed by atoms with Crippen LogP contribution in [0, 0.1) is 0 Å². The maximum absolute atomic E-state index is 11.9. The largest absolute Gasteiger partial charge is 0.480 e. The Bertz CT molecular complexity index is 721. The van der Waals surface area contributed by atoms with Gasteiger partial charge in [-0.05, 0) is 12.1 Å². The van der Waals surface area contributed by atoms with Crippen LogP contribution in [0.5, 0.6) is 0 Å². The van der Waals surface area contributed by atoms with Crippen LogP contribution in [0.4, 0.5) is 0 Å². The first-order valence-electron chi connectivity index (χ1n) is 6.18. The van der Waals surface area contributed by atoms with Crippen molar-refractivity contribution in [2.75, 3.05) is 19.8 Å². The van der Waals surface area contributed by atoms with E-state index in [0.29, 0.717) is 11.0 Å². The van der Waals surface area contributed by atoms with Crippen molar-refractivity contribution >= 4 is 22.8 Å². The van der Waals surface area contributed by atoms with Crippen LogP contribution in [-0.2, 0) is 9.53 Å². The summed E-state index contributed by atoms with van der Waals surface area (Å²) in [5.41, 5.74) is -0.423. The van der Waals surface area contributed by atoms with Crippen LogP contribution in [-0.4, -0.2) is 36.7 Å². The molecular weight excluding hydrogens is 278 g/mol. The van der Waals surface area contributed by atoms with Crippen molar-refractivity contribution in [3.05, 3.63) is 46.3 Å². The SMILES string of the molecule is O=C(O)COCCNC(=O)c1cc2ccccc2oc1=O. The number of hydrogen-bond acceptors (Lipinski definition) is 5. The number of aliphatic carboxylic acids is 1. The summed E-state index contributed by atoms with van der Waals surface area (Å²) in [5, 5.41) is 11.5. The average molecular weight is 291 g/mol. The molecule has 0 bridgehead atoms. The number of ether oxygens (including phenoxy) is 1. The molecule has 1 aromatic carbocycles. The normalized spacial score (nSPS) is 10.5. The van der Waals surface area contributed by atoms with Crippen LogP contribution in [0.3, 0.4) is 0 Å². The lowest BCUT2D eigenvalue weighted by molar-refractivity contribution is -0.142. The van der Waals surface area contributed by atoms with Gasteiger partial charge in [-0.2, -0.15) is 0 Å². The van der Waals surface area contributed by atoms with E-state index in [1.807, 2.05) is 0 Å². The van der Waals surface area contributed by atoms with Crippen LogP contribution < -0.4 is 10.9 Å². The minimum atomic E-state index is -1.09. The van der Waals surface area contributed by atoms with Crippen molar-refractivity contribution < 1.29 is 23.8 Å². The van der Waals surface area contributed by atoms with E-state index in [-0.39, 0.29) is 18.7 Å². The van der Waals surface area contributed by atoms with E-state index in [9.17, 15) is 14.4 Å². The third-order valence-corrected chi connectivity index (χ3v) is 2.64. The lowest BCUT2D eigenvalue weighted by atomic mass is 10.2. The van der Waals surface area contributed by atoms with Gasteiger partial charge in [-0.15, -0.1) is 0 Å². The number of para-hydroxylation sites is 1. The van der Waals surface area contributed by atoms with Crippen molar-refractivity contribution in [3.8, 4) is 0 Å². The molecule has 0 radical (unpaired) electrons. The lowest BCUT2D eigenvalue weighted by Gasteiger charge is -2.05. The quantitative estimate of drug-likeness (QED) is 0.597. The van der Waals surface area contributed by atoms with Crippen LogP contribution >= 0.6 is 0 Å². The fourth-order valence-electron chi connectivity index (χ4n) is 1.71. The van der Waals surface area contributed by atoms with Gasteiger partial charge < -0.3 is 19.6 Å². The van der Waals surface area contributed by atoms with Gasteiger partial charge in [-0.25, -0.2) is 9.59 Å².